The van der Waals surface area contributed by atoms with Crippen LogP contribution < -0.4 is 0 Å². The predicted molar refractivity (Wildman–Crippen MR) is 70.3 cm³/mol. The van der Waals surface area contributed by atoms with Crippen molar-refractivity contribution in [2.75, 3.05) is 0 Å². The third kappa shape index (κ3) is 4.82. The lowest BCUT2D eigenvalue weighted by Gasteiger charge is -2.12. The number of halogens is 5. The normalized spacial score (nSPS) is 13.4. The number of Topliss-reactive ketones (excluding diaryl/α,β-unsaturated/α-hetero) is 1. The molecular formula is C11H9BrClF3OS. The lowest BCUT2D eigenvalue weighted by molar-refractivity contribution is -0.116. The summed E-state index contributed by atoms with van der Waals surface area (Å²) in [4.78, 5) is 11.2. The van der Waals surface area contributed by atoms with Gasteiger partial charge in [0.05, 0.1) is 0 Å². The Labute approximate surface area is 120 Å². The fraction of sp³-hybridized carbons (Fsp3) is 0.364. The molecule has 0 aliphatic rings. The molecule has 0 heterocycles. The molecule has 0 bridgehead atoms. The summed E-state index contributed by atoms with van der Waals surface area (Å²) in [5, 5.41) is -0.523. The summed E-state index contributed by atoms with van der Waals surface area (Å²) in [6.45, 7) is 1.30. The van der Waals surface area contributed by atoms with Gasteiger partial charge in [0.25, 0.3) is 0 Å². The van der Waals surface area contributed by atoms with Crippen molar-refractivity contribution in [3.63, 3.8) is 0 Å². The molecule has 0 radical (unpaired) electrons. The first-order chi connectivity index (χ1) is 8.23. The van der Waals surface area contributed by atoms with Gasteiger partial charge in [-0.3, -0.25) is 4.79 Å². The first kappa shape index (κ1) is 15.9. The van der Waals surface area contributed by atoms with Crippen molar-refractivity contribution in [1.29, 1.82) is 0 Å². The monoisotopic (exact) mass is 360 g/mol. The molecule has 1 atom stereocenters. The van der Waals surface area contributed by atoms with E-state index in [0.717, 1.165) is 0 Å². The maximum atomic E-state index is 12.3. The maximum absolute atomic E-state index is 12.3. The van der Waals surface area contributed by atoms with Gasteiger partial charge in [0, 0.05) is 10.2 Å². The highest BCUT2D eigenvalue weighted by Gasteiger charge is 2.30. The van der Waals surface area contributed by atoms with Gasteiger partial charge in [0.2, 0.25) is 0 Å². The second-order valence-electron chi connectivity index (χ2n) is 3.56. The number of alkyl halides is 5. The van der Waals surface area contributed by atoms with Crippen LogP contribution in [0.15, 0.2) is 23.1 Å². The van der Waals surface area contributed by atoms with E-state index in [0.29, 0.717) is 16.5 Å². The van der Waals surface area contributed by atoms with Gasteiger partial charge in [0.15, 0.2) is 5.78 Å². The lowest BCUT2D eigenvalue weighted by Crippen LogP contribution is -2.04. The molecule has 1 aromatic rings. The van der Waals surface area contributed by atoms with Gasteiger partial charge in [-0.05, 0) is 41.9 Å². The van der Waals surface area contributed by atoms with Crippen LogP contribution in [0, 0.1) is 0 Å². The Morgan fingerprint density at radius 2 is 2.06 bits per heavy atom. The summed E-state index contributed by atoms with van der Waals surface area (Å²) in [6.07, 6.45) is 0. The maximum Gasteiger partial charge on any atom is 0.446 e. The highest BCUT2D eigenvalue weighted by molar-refractivity contribution is 9.08. The van der Waals surface area contributed by atoms with E-state index < -0.39 is 10.9 Å². The second kappa shape index (κ2) is 6.30. The van der Waals surface area contributed by atoms with Crippen molar-refractivity contribution in [2.24, 2.45) is 0 Å². The molecule has 1 aromatic carbocycles. The Kier molecular flexibility index (Phi) is 5.55. The van der Waals surface area contributed by atoms with E-state index in [1.54, 1.807) is 6.07 Å². The summed E-state index contributed by atoms with van der Waals surface area (Å²) in [7, 11) is 0. The summed E-state index contributed by atoms with van der Waals surface area (Å²) in [5.41, 5.74) is -3.33. The van der Waals surface area contributed by atoms with Gasteiger partial charge >= 0.3 is 5.51 Å². The number of thioether (sulfide) groups is 1. The minimum atomic E-state index is -4.36. The lowest BCUT2D eigenvalue weighted by atomic mass is 10.1. The highest BCUT2D eigenvalue weighted by atomic mass is 79.9. The Balaban J connectivity index is 3.13. The Morgan fingerprint density at radius 3 is 2.50 bits per heavy atom. The van der Waals surface area contributed by atoms with Crippen LogP contribution in [0.2, 0.25) is 0 Å². The predicted octanol–water partition coefficient (Wildman–Crippen LogP) is 5.06. The van der Waals surface area contributed by atoms with Crippen LogP contribution >= 0.6 is 39.3 Å². The number of benzene rings is 1. The largest absolute Gasteiger partial charge is 0.446 e. The van der Waals surface area contributed by atoms with Crippen LogP contribution in [0.4, 0.5) is 13.2 Å². The van der Waals surface area contributed by atoms with Gasteiger partial charge in [-0.1, -0.05) is 22.0 Å². The summed E-state index contributed by atoms with van der Waals surface area (Å²) >= 11 is 8.81. The molecule has 0 N–H and O–H groups in total. The van der Waals surface area contributed by atoms with Crippen molar-refractivity contribution >= 4 is 45.1 Å². The molecule has 7 heteroatoms. The summed E-state index contributed by atoms with van der Waals surface area (Å²) < 4.78 is 37.0. The molecule has 0 aromatic heterocycles. The van der Waals surface area contributed by atoms with Crippen molar-refractivity contribution < 1.29 is 18.0 Å². The van der Waals surface area contributed by atoms with Gasteiger partial charge in [-0.2, -0.15) is 13.2 Å². The van der Waals surface area contributed by atoms with Crippen molar-refractivity contribution in [2.45, 2.75) is 28.0 Å². The van der Waals surface area contributed by atoms with Crippen LogP contribution in [0.3, 0.4) is 0 Å². The second-order valence-corrected chi connectivity index (χ2v) is 5.70. The van der Waals surface area contributed by atoms with E-state index in [9.17, 15) is 18.0 Å². The number of carbonyl (C=O) groups is 1. The number of carbonyl (C=O) groups excluding carboxylic acids is 1. The smallest absolute Gasteiger partial charge is 0.298 e. The molecule has 1 rings (SSSR count). The molecule has 0 saturated heterocycles. The Hall–Kier alpha value is -0.200. The number of ketones is 1. The Morgan fingerprint density at radius 1 is 1.44 bits per heavy atom. The zero-order chi connectivity index (χ0) is 13.9. The van der Waals surface area contributed by atoms with Crippen LogP contribution in [-0.2, 0) is 10.1 Å². The molecule has 0 spiro atoms. The van der Waals surface area contributed by atoms with Crippen molar-refractivity contribution in [1.82, 2.24) is 0 Å². The zero-order valence-electron chi connectivity index (χ0n) is 9.22. The van der Waals surface area contributed by atoms with E-state index in [1.165, 1.54) is 19.1 Å². The average Bonchev–Trinajstić information content (AvgIpc) is 2.24. The van der Waals surface area contributed by atoms with E-state index in [-0.39, 0.29) is 22.4 Å². The minimum absolute atomic E-state index is 0.0290. The topological polar surface area (TPSA) is 17.1 Å². The summed E-state index contributed by atoms with van der Waals surface area (Å²) in [5.74, 6) is -0.300. The molecule has 1 unspecified atom stereocenters. The molecule has 0 amide bonds. The standard InChI is InChI=1S/C11H9BrClF3OS/c1-6(17)10(13)8-2-7(5-12)3-9(4-8)18-11(14,15)16/h2-4,10H,5H2,1H3. The molecule has 0 aliphatic carbocycles. The minimum Gasteiger partial charge on any atom is -0.298 e. The highest BCUT2D eigenvalue weighted by Crippen LogP contribution is 2.39. The SMILES string of the molecule is CC(=O)C(Cl)c1cc(CBr)cc(SC(F)(F)F)c1. The van der Waals surface area contributed by atoms with Crippen LogP contribution in [0.5, 0.6) is 0 Å². The van der Waals surface area contributed by atoms with Crippen LogP contribution in [0.25, 0.3) is 0 Å². The zero-order valence-corrected chi connectivity index (χ0v) is 12.4. The van der Waals surface area contributed by atoms with Gasteiger partial charge in [-0.15, -0.1) is 11.6 Å². The van der Waals surface area contributed by atoms with Gasteiger partial charge in [-0.25, -0.2) is 0 Å². The fourth-order valence-electron chi connectivity index (χ4n) is 1.34. The van der Waals surface area contributed by atoms with E-state index in [4.69, 9.17) is 11.6 Å². The molecule has 100 valence electrons. The van der Waals surface area contributed by atoms with Crippen LogP contribution in [-0.4, -0.2) is 11.3 Å². The van der Waals surface area contributed by atoms with E-state index in [1.807, 2.05) is 0 Å². The Bertz CT molecular complexity index is 450. The first-order valence-corrected chi connectivity index (χ1v) is 7.20. The fourth-order valence-corrected chi connectivity index (χ4v) is 2.46. The summed E-state index contributed by atoms with van der Waals surface area (Å²) in [6, 6.07) is 4.33. The third-order valence-electron chi connectivity index (χ3n) is 2.03. The molecule has 0 fully saturated rings. The number of hydrogen-bond acceptors (Lipinski definition) is 2. The van der Waals surface area contributed by atoms with Gasteiger partial charge in [0.1, 0.15) is 5.38 Å². The van der Waals surface area contributed by atoms with Crippen molar-refractivity contribution in [3.8, 4) is 0 Å². The quantitative estimate of drug-likeness (QED) is 0.550. The molecule has 0 saturated carbocycles. The molecule has 1 nitrogen and oxygen atoms in total. The molecule has 0 aliphatic heterocycles. The molecule has 18 heavy (non-hydrogen) atoms. The van der Waals surface area contributed by atoms with Gasteiger partial charge < -0.3 is 0 Å². The third-order valence-corrected chi connectivity index (χ3v) is 3.94. The van der Waals surface area contributed by atoms with Crippen molar-refractivity contribution in [3.05, 3.63) is 29.3 Å². The van der Waals surface area contributed by atoms with E-state index in [2.05, 4.69) is 15.9 Å². The number of hydrogen-bond donors (Lipinski definition) is 0. The van der Waals surface area contributed by atoms with E-state index >= 15 is 0 Å². The first-order valence-electron chi connectivity index (χ1n) is 4.83. The number of rotatable bonds is 4. The molecular weight excluding hydrogens is 353 g/mol. The van der Waals surface area contributed by atoms with Crippen LogP contribution in [0.1, 0.15) is 23.4 Å². The average molecular weight is 362 g/mol.